The SMILES string of the molecule is CC1(C)c2cccc(-c3ccc(N(c4ccccc4)c4ccccc4)cc3)c2-c2c(-c3ccc4c(c3)c3ccccc3n4-c3ccccc3)cccc21. The molecule has 10 rings (SSSR count). The number of anilines is 3. The van der Waals surface area contributed by atoms with Crippen molar-refractivity contribution in [2.45, 2.75) is 19.3 Å². The molecule has 1 heterocycles. The van der Waals surface area contributed by atoms with Crippen LogP contribution in [0.4, 0.5) is 17.1 Å². The molecule has 53 heavy (non-hydrogen) atoms. The second-order valence-corrected chi connectivity index (χ2v) is 14.6. The third kappa shape index (κ3) is 4.94. The highest BCUT2D eigenvalue weighted by Gasteiger charge is 2.38. The van der Waals surface area contributed by atoms with E-state index in [0.717, 1.165) is 17.1 Å². The first-order valence-corrected chi connectivity index (χ1v) is 18.4. The van der Waals surface area contributed by atoms with Crippen molar-refractivity contribution in [3.63, 3.8) is 0 Å². The van der Waals surface area contributed by atoms with Gasteiger partial charge in [0.1, 0.15) is 0 Å². The van der Waals surface area contributed by atoms with Gasteiger partial charge in [0.15, 0.2) is 0 Å². The first kappa shape index (κ1) is 31.1. The fourth-order valence-corrected chi connectivity index (χ4v) is 8.70. The van der Waals surface area contributed by atoms with Crippen LogP contribution < -0.4 is 4.90 Å². The fourth-order valence-electron chi connectivity index (χ4n) is 8.70. The van der Waals surface area contributed by atoms with Gasteiger partial charge in [0, 0.05) is 38.9 Å². The molecule has 0 aliphatic heterocycles. The number of benzene rings is 8. The molecule has 0 saturated carbocycles. The molecule has 1 aliphatic carbocycles. The molecule has 0 saturated heterocycles. The second kappa shape index (κ2) is 12.3. The maximum absolute atomic E-state index is 2.41. The van der Waals surface area contributed by atoms with Crippen molar-refractivity contribution in [1.82, 2.24) is 4.57 Å². The largest absolute Gasteiger partial charge is 0.311 e. The number of rotatable bonds is 6. The molecular formula is C51H38N2. The van der Waals surface area contributed by atoms with Gasteiger partial charge in [0.25, 0.3) is 0 Å². The molecular weight excluding hydrogens is 641 g/mol. The average Bonchev–Trinajstić information content (AvgIpc) is 3.67. The van der Waals surface area contributed by atoms with E-state index in [1.165, 1.54) is 72.0 Å². The predicted octanol–water partition coefficient (Wildman–Crippen LogP) is 13.9. The van der Waals surface area contributed by atoms with E-state index >= 15 is 0 Å². The van der Waals surface area contributed by atoms with Crippen molar-refractivity contribution >= 4 is 38.9 Å². The highest BCUT2D eigenvalue weighted by atomic mass is 15.1. The van der Waals surface area contributed by atoms with Gasteiger partial charge in [-0.1, -0.05) is 141 Å². The monoisotopic (exact) mass is 678 g/mol. The van der Waals surface area contributed by atoms with Crippen LogP contribution in [0.25, 0.3) is 60.9 Å². The summed E-state index contributed by atoms with van der Waals surface area (Å²) in [5.74, 6) is 0. The van der Waals surface area contributed by atoms with Crippen LogP contribution in [0.2, 0.25) is 0 Å². The van der Waals surface area contributed by atoms with Crippen LogP contribution in [0, 0.1) is 0 Å². The third-order valence-electron chi connectivity index (χ3n) is 11.2. The summed E-state index contributed by atoms with van der Waals surface area (Å²) >= 11 is 0. The predicted molar refractivity (Wildman–Crippen MR) is 224 cm³/mol. The Labute approximate surface area is 310 Å². The minimum Gasteiger partial charge on any atom is -0.311 e. The second-order valence-electron chi connectivity index (χ2n) is 14.6. The lowest BCUT2D eigenvalue weighted by Gasteiger charge is -2.25. The van der Waals surface area contributed by atoms with E-state index in [2.05, 4.69) is 217 Å². The quantitative estimate of drug-likeness (QED) is 0.170. The fraction of sp³-hybridized carbons (Fsp3) is 0.0588. The standard InChI is InChI=1S/C51H38N2/c1-51(2)45-25-14-23-41(35-28-31-40(32-29-35)52(37-16-6-3-7-17-37)38-18-8-4-9-19-38)49(45)50-42(24-15-26-46(50)51)36-30-33-48-44(34-36)43-22-12-13-27-47(43)53(48)39-20-10-5-11-21-39/h3-34H,1-2H3. The molecule has 9 aromatic rings. The van der Waals surface area contributed by atoms with Gasteiger partial charge in [-0.2, -0.15) is 0 Å². The Hall–Kier alpha value is -6.64. The zero-order chi connectivity index (χ0) is 35.5. The Morgan fingerprint density at radius 1 is 0.396 bits per heavy atom. The molecule has 0 radical (unpaired) electrons. The van der Waals surface area contributed by atoms with E-state index in [9.17, 15) is 0 Å². The number of hydrogen-bond acceptors (Lipinski definition) is 1. The molecule has 0 unspecified atom stereocenters. The van der Waals surface area contributed by atoms with Gasteiger partial charge in [-0.25, -0.2) is 0 Å². The number of aromatic nitrogens is 1. The molecule has 1 aliphatic rings. The third-order valence-corrected chi connectivity index (χ3v) is 11.2. The van der Waals surface area contributed by atoms with Crippen molar-refractivity contribution < 1.29 is 0 Å². The smallest absolute Gasteiger partial charge is 0.0541 e. The van der Waals surface area contributed by atoms with E-state index in [1.54, 1.807) is 0 Å². The summed E-state index contributed by atoms with van der Waals surface area (Å²) in [6.45, 7) is 4.76. The van der Waals surface area contributed by atoms with Gasteiger partial charge in [-0.15, -0.1) is 0 Å². The lowest BCUT2D eigenvalue weighted by Crippen LogP contribution is -2.14. The van der Waals surface area contributed by atoms with Crippen LogP contribution in [-0.4, -0.2) is 4.57 Å². The van der Waals surface area contributed by atoms with Crippen molar-refractivity contribution in [3.05, 3.63) is 205 Å². The van der Waals surface area contributed by atoms with Crippen molar-refractivity contribution in [1.29, 1.82) is 0 Å². The summed E-state index contributed by atoms with van der Waals surface area (Å²) in [6, 6.07) is 70.6. The Morgan fingerprint density at radius 3 is 1.51 bits per heavy atom. The lowest BCUT2D eigenvalue weighted by atomic mass is 9.81. The van der Waals surface area contributed by atoms with E-state index < -0.39 is 0 Å². The maximum atomic E-state index is 2.41. The Balaban J connectivity index is 1.13. The van der Waals surface area contributed by atoms with E-state index in [1.807, 2.05) is 0 Å². The van der Waals surface area contributed by atoms with Crippen LogP contribution in [0.5, 0.6) is 0 Å². The van der Waals surface area contributed by atoms with Gasteiger partial charge in [-0.05, 0) is 111 Å². The molecule has 8 aromatic carbocycles. The number of nitrogens with zero attached hydrogens (tertiary/aromatic N) is 2. The van der Waals surface area contributed by atoms with Crippen molar-refractivity contribution in [3.8, 4) is 39.1 Å². The molecule has 2 heteroatoms. The summed E-state index contributed by atoms with van der Waals surface area (Å²) in [5.41, 5.74) is 17.3. The lowest BCUT2D eigenvalue weighted by molar-refractivity contribution is 0.660. The molecule has 0 amide bonds. The van der Waals surface area contributed by atoms with Crippen molar-refractivity contribution in [2.75, 3.05) is 4.90 Å². The highest BCUT2D eigenvalue weighted by molar-refractivity contribution is 6.11. The van der Waals surface area contributed by atoms with Gasteiger partial charge < -0.3 is 9.47 Å². The molecule has 0 bridgehead atoms. The van der Waals surface area contributed by atoms with Gasteiger partial charge in [0.05, 0.1) is 11.0 Å². The van der Waals surface area contributed by atoms with Gasteiger partial charge >= 0.3 is 0 Å². The minimum atomic E-state index is -0.137. The topological polar surface area (TPSA) is 8.17 Å². The summed E-state index contributed by atoms with van der Waals surface area (Å²) in [6.07, 6.45) is 0. The van der Waals surface area contributed by atoms with Crippen molar-refractivity contribution in [2.24, 2.45) is 0 Å². The highest BCUT2D eigenvalue weighted by Crippen LogP contribution is 2.55. The van der Waals surface area contributed by atoms with Crippen LogP contribution in [-0.2, 0) is 5.41 Å². The molecule has 0 spiro atoms. The van der Waals surface area contributed by atoms with Gasteiger partial charge in [0.2, 0.25) is 0 Å². The van der Waals surface area contributed by atoms with Crippen LogP contribution in [0.15, 0.2) is 194 Å². The van der Waals surface area contributed by atoms with Crippen LogP contribution in [0.1, 0.15) is 25.0 Å². The van der Waals surface area contributed by atoms with E-state index in [-0.39, 0.29) is 5.41 Å². The molecule has 252 valence electrons. The summed E-state index contributed by atoms with van der Waals surface area (Å²) < 4.78 is 2.39. The molecule has 0 N–H and O–H groups in total. The van der Waals surface area contributed by atoms with E-state index in [4.69, 9.17) is 0 Å². The molecule has 1 aromatic heterocycles. The molecule has 0 fully saturated rings. The summed E-state index contributed by atoms with van der Waals surface area (Å²) in [7, 11) is 0. The maximum Gasteiger partial charge on any atom is 0.0541 e. The number of fused-ring (bicyclic) bond motifs is 6. The normalized spacial score (nSPS) is 12.9. The first-order chi connectivity index (χ1) is 26.1. The zero-order valence-corrected chi connectivity index (χ0v) is 29.9. The summed E-state index contributed by atoms with van der Waals surface area (Å²) in [4.78, 5) is 2.32. The Bertz CT molecular complexity index is 2740. The zero-order valence-electron chi connectivity index (χ0n) is 29.9. The Kier molecular flexibility index (Phi) is 7.19. The minimum absolute atomic E-state index is 0.137. The molecule has 0 atom stereocenters. The molecule has 2 nitrogen and oxygen atoms in total. The first-order valence-electron chi connectivity index (χ1n) is 18.4. The average molecular weight is 679 g/mol. The van der Waals surface area contributed by atoms with Crippen LogP contribution >= 0.6 is 0 Å². The summed E-state index contributed by atoms with van der Waals surface area (Å²) in [5, 5.41) is 2.53. The van der Waals surface area contributed by atoms with Gasteiger partial charge in [-0.3, -0.25) is 0 Å². The number of para-hydroxylation sites is 4. The Morgan fingerprint density at radius 2 is 0.887 bits per heavy atom. The van der Waals surface area contributed by atoms with Crippen LogP contribution in [0.3, 0.4) is 0 Å². The van der Waals surface area contributed by atoms with E-state index in [0.29, 0.717) is 0 Å². The number of hydrogen-bond donors (Lipinski definition) is 0.